The van der Waals surface area contributed by atoms with Gasteiger partial charge in [-0.3, -0.25) is 9.59 Å². The molecule has 1 atom stereocenters. The average Bonchev–Trinajstić information content (AvgIpc) is 3.27. The van der Waals surface area contributed by atoms with Crippen molar-refractivity contribution in [3.05, 3.63) is 57.3 Å². The van der Waals surface area contributed by atoms with Crippen molar-refractivity contribution in [3.8, 4) is 0 Å². The first-order chi connectivity index (χ1) is 15.3. The first-order valence-corrected chi connectivity index (χ1v) is 12.5. The van der Waals surface area contributed by atoms with E-state index in [4.69, 9.17) is 16.3 Å². The monoisotopic (exact) mass is 476 g/mol. The van der Waals surface area contributed by atoms with Crippen LogP contribution in [0, 0.1) is 12.3 Å². The minimum Gasteiger partial charge on any atom is -0.385 e. The minimum absolute atomic E-state index is 0.0384. The van der Waals surface area contributed by atoms with Crippen molar-refractivity contribution in [2.24, 2.45) is 5.41 Å². The largest absolute Gasteiger partial charge is 0.385 e. The SMILES string of the molecule is COCCCN(CC(=O)N1CCc2sccc2C1c1ccc(C)cc1)C(=O)C(C)(C)CCl. The fraction of sp³-hybridized carbons (Fsp3) is 0.520. The molecule has 1 aliphatic rings. The fourth-order valence-electron chi connectivity index (χ4n) is 4.08. The molecular weight excluding hydrogens is 444 g/mol. The molecule has 2 heterocycles. The van der Waals surface area contributed by atoms with Crippen LogP contribution in [-0.4, -0.2) is 60.8 Å². The summed E-state index contributed by atoms with van der Waals surface area (Å²) < 4.78 is 5.16. The highest BCUT2D eigenvalue weighted by Crippen LogP contribution is 2.38. The maximum absolute atomic E-state index is 13.6. The quantitative estimate of drug-likeness (QED) is 0.390. The molecule has 32 heavy (non-hydrogen) atoms. The van der Waals surface area contributed by atoms with E-state index in [2.05, 4.69) is 42.6 Å². The number of methoxy groups -OCH3 is 1. The molecule has 0 radical (unpaired) electrons. The maximum atomic E-state index is 13.6. The van der Waals surface area contributed by atoms with Crippen molar-refractivity contribution < 1.29 is 14.3 Å². The first kappa shape index (κ1) is 24.7. The average molecular weight is 477 g/mol. The van der Waals surface area contributed by atoms with E-state index < -0.39 is 5.41 Å². The second kappa shape index (κ2) is 10.8. The highest BCUT2D eigenvalue weighted by molar-refractivity contribution is 7.10. The number of rotatable bonds is 9. The normalized spacial score (nSPS) is 16.0. The van der Waals surface area contributed by atoms with E-state index in [1.54, 1.807) is 23.3 Å². The lowest BCUT2D eigenvalue weighted by Gasteiger charge is -2.38. The molecule has 5 nitrogen and oxygen atoms in total. The molecular formula is C25H33ClN2O3S. The van der Waals surface area contributed by atoms with E-state index in [9.17, 15) is 9.59 Å². The summed E-state index contributed by atoms with van der Waals surface area (Å²) in [6, 6.07) is 10.4. The molecule has 3 rings (SSSR count). The molecule has 7 heteroatoms. The zero-order valence-electron chi connectivity index (χ0n) is 19.4. The van der Waals surface area contributed by atoms with E-state index in [-0.39, 0.29) is 30.3 Å². The number of thiophene rings is 1. The van der Waals surface area contributed by atoms with Gasteiger partial charge in [0.1, 0.15) is 0 Å². The Morgan fingerprint density at radius 1 is 1.25 bits per heavy atom. The van der Waals surface area contributed by atoms with Crippen LogP contribution >= 0.6 is 22.9 Å². The summed E-state index contributed by atoms with van der Waals surface area (Å²) in [5, 5.41) is 2.10. The van der Waals surface area contributed by atoms with Crippen LogP contribution in [0.15, 0.2) is 35.7 Å². The summed E-state index contributed by atoms with van der Waals surface area (Å²) in [5.41, 5.74) is 2.75. The van der Waals surface area contributed by atoms with Crippen LogP contribution in [0.4, 0.5) is 0 Å². The Bertz CT molecular complexity index is 926. The summed E-state index contributed by atoms with van der Waals surface area (Å²) in [7, 11) is 1.64. The van der Waals surface area contributed by atoms with Gasteiger partial charge in [-0.25, -0.2) is 0 Å². The van der Waals surface area contributed by atoms with Crippen molar-refractivity contribution in [1.82, 2.24) is 9.80 Å². The van der Waals surface area contributed by atoms with Crippen molar-refractivity contribution in [3.63, 3.8) is 0 Å². The molecule has 1 unspecified atom stereocenters. The molecule has 1 aliphatic heterocycles. The van der Waals surface area contributed by atoms with Gasteiger partial charge in [0, 0.05) is 37.6 Å². The highest BCUT2D eigenvalue weighted by atomic mass is 35.5. The second-order valence-corrected chi connectivity index (χ2v) is 10.3. The smallest absolute Gasteiger partial charge is 0.242 e. The first-order valence-electron chi connectivity index (χ1n) is 11.0. The molecule has 2 aromatic rings. The molecule has 1 aromatic heterocycles. The number of benzene rings is 1. The predicted octanol–water partition coefficient (Wildman–Crippen LogP) is 4.66. The van der Waals surface area contributed by atoms with Crippen LogP contribution in [-0.2, 0) is 20.7 Å². The van der Waals surface area contributed by atoms with Gasteiger partial charge in [0.25, 0.3) is 0 Å². The Kier molecular flexibility index (Phi) is 8.37. The van der Waals surface area contributed by atoms with Crippen LogP contribution in [0.2, 0.25) is 0 Å². The number of hydrogen-bond donors (Lipinski definition) is 0. The third kappa shape index (κ3) is 5.53. The van der Waals surface area contributed by atoms with Gasteiger partial charge < -0.3 is 14.5 Å². The number of hydrogen-bond acceptors (Lipinski definition) is 4. The Morgan fingerprint density at radius 3 is 2.62 bits per heavy atom. The number of alkyl halides is 1. The molecule has 0 bridgehead atoms. The Morgan fingerprint density at radius 2 is 1.97 bits per heavy atom. The van der Waals surface area contributed by atoms with Gasteiger partial charge in [-0.05, 0) is 56.2 Å². The summed E-state index contributed by atoms with van der Waals surface area (Å²) in [6.45, 7) is 7.40. The summed E-state index contributed by atoms with van der Waals surface area (Å²) in [5.74, 6) is 0.0648. The maximum Gasteiger partial charge on any atom is 0.242 e. The van der Waals surface area contributed by atoms with Crippen LogP contribution in [0.25, 0.3) is 0 Å². The number of halogens is 1. The van der Waals surface area contributed by atoms with Gasteiger partial charge in [-0.2, -0.15) is 0 Å². The summed E-state index contributed by atoms with van der Waals surface area (Å²) in [6.07, 6.45) is 1.51. The van der Waals surface area contributed by atoms with E-state index >= 15 is 0 Å². The van der Waals surface area contributed by atoms with Crippen LogP contribution in [0.3, 0.4) is 0 Å². The molecule has 1 aromatic carbocycles. The molecule has 0 spiro atoms. The standard InChI is InChI=1S/C25H33ClN2O3S/c1-18-6-8-19(9-7-18)23-20-11-15-32-21(20)10-13-28(23)22(29)16-27(12-5-14-31-4)24(30)25(2,3)17-26/h6-9,11,15,23H,5,10,12-14,16-17H2,1-4H3. The van der Waals surface area contributed by atoms with Gasteiger partial charge in [-0.1, -0.05) is 29.8 Å². The molecule has 0 N–H and O–H groups in total. The minimum atomic E-state index is -0.728. The number of nitrogens with zero attached hydrogens (tertiary/aromatic N) is 2. The highest BCUT2D eigenvalue weighted by Gasteiger charge is 2.36. The van der Waals surface area contributed by atoms with Gasteiger partial charge >= 0.3 is 0 Å². The third-order valence-electron chi connectivity index (χ3n) is 5.98. The van der Waals surface area contributed by atoms with E-state index in [1.165, 1.54) is 16.0 Å². The number of carbonyl (C=O) groups is 2. The molecule has 0 saturated heterocycles. The van der Waals surface area contributed by atoms with E-state index in [0.717, 1.165) is 12.0 Å². The topological polar surface area (TPSA) is 49.9 Å². The van der Waals surface area contributed by atoms with Crippen LogP contribution < -0.4 is 0 Å². The van der Waals surface area contributed by atoms with Gasteiger partial charge in [0.05, 0.1) is 18.0 Å². The zero-order chi connectivity index (χ0) is 23.3. The molecule has 0 saturated carbocycles. The van der Waals surface area contributed by atoms with Crippen molar-refractivity contribution >= 4 is 34.8 Å². The Balaban J connectivity index is 1.87. The van der Waals surface area contributed by atoms with Gasteiger partial charge in [-0.15, -0.1) is 22.9 Å². The molecule has 174 valence electrons. The number of ether oxygens (including phenoxy) is 1. The summed E-state index contributed by atoms with van der Waals surface area (Å²) in [4.78, 5) is 31.7. The Hall–Kier alpha value is -1.89. The molecule has 2 amide bonds. The van der Waals surface area contributed by atoms with Crippen LogP contribution in [0.5, 0.6) is 0 Å². The number of carbonyl (C=O) groups excluding carboxylic acids is 2. The van der Waals surface area contributed by atoms with Gasteiger partial charge in [0.15, 0.2) is 0 Å². The van der Waals surface area contributed by atoms with Crippen LogP contribution in [0.1, 0.15) is 47.9 Å². The summed E-state index contributed by atoms with van der Waals surface area (Å²) >= 11 is 7.82. The number of aryl methyl sites for hydroxylation is 1. The lowest BCUT2D eigenvalue weighted by Crippen LogP contribution is -2.50. The van der Waals surface area contributed by atoms with Crippen molar-refractivity contribution in [2.45, 2.75) is 39.7 Å². The fourth-order valence-corrected chi connectivity index (χ4v) is 5.10. The van der Waals surface area contributed by atoms with E-state index in [1.807, 2.05) is 18.7 Å². The molecule has 0 fully saturated rings. The van der Waals surface area contributed by atoms with Crippen molar-refractivity contribution in [1.29, 1.82) is 0 Å². The third-order valence-corrected chi connectivity index (χ3v) is 7.65. The predicted molar refractivity (Wildman–Crippen MR) is 130 cm³/mol. The second-order valence-electron chi connectivity index (χ2n) is 9.04. The molecule has 0 aliphatic carbocycles. The zero-order valence-corrected chi connectivity index (χ0v) is 21.0. The number of amides is 2. The van der Waals surface area contributed by atoms with Crippen molar-refractivity contribution in [2.75, 3.05) is 39.2 Å². The lowest BCUT2D eigenvalue weighted by molar-refractivity contribution is -0.146. The van der Waals surface area contributed by atoms with Gasteiger partial charge in [0.2, 0.25) is 11.8 Å². The lowest BCUT2D eigenvalue weighted by atomic mass is 9.92. The van der Waals surface area contributed by atoms with E-state index in [0.29, 0.717) is 26.1 Å². The number of fused-ring (bicyclic) bond motifs is 1. The Labute approximate surface area is 200 Å².